The molecule has 4 heteroatoms. The summed E-state index contributed by atoms with van der Waals surface area (Å²) in [5, 5.41) is 0. The summed E-state index contributed by atoms with van der Waals surface area (Å²) in [5.74, 6) is 0.441. The molecule has 0 fully saturated rings. The van der Waals surface area contributed by atoms with E-state index in [0.29, 0.717) is 23.5 Å². The molecule has 2 N–H and O–H groups in total. The first-order chi connectivity index (χ1) is 8.63. The van der Waals surface area contributed by atoms with Crippen molar-refractivity contribution in [1.82, 2.24) is 4.90 Å². The molecule has 96 valence electrons. The standard InChI is InChI=1S/C14H18N2O2/c1-10-6-8-16(9-7-10)14(17)11-4-3-5-12(15)13(11)18-2/h3-6H,7-9,15H2,1-2H3. The average Bonchev–Trinajstić information content (AvgIpc) is 2.38. The molecule has 0 bridgehead atoms. The van der Waals surface area contributed by atoms with E-state index < -0.39 is 0 Å². The fourth-order valence-corrected chi connectivity index (χ4v) is 2.08. The number of nitrogens with zero attached hydrogens (tertiary/aromatic N) is 1. The molecule has 1 heterocycles. The van der Waals surface area contributed by atoms with E-state index in [9.17, 15) is 4.79 Å². The number of ether oxygens (including phenoxy) is 1. The number of anilines is 1. The number of nitrogen functional groups attached to an aromatic ring is 1. The number of hydrogen-bond donors (Lipinski definition) is 1. The van der Waals surface area contributed by atoms with Gasteiger partial charge in [0.25, 0.3) is 5.91 Å². The van der Waals surface area contributed by atoms with Crippen molar-refractivity contribution in [3.05, 3.63) is 35.4 Å². The highest BCUT2D eigenvalue weighted by atomic mass is 16.5. The van der Waals surface area contributed by atoms with Gasteiger partial charge in [0.2, 0.25) is 0 Å². The molecule has 0 radical (unpaired) electrons. The normalized spacial score (nSPS) is 15.2. The summed E-state index contributed by atoms with van der Waals surface area (Å²) in [6.07, 6.45) is 3.01. The van der Waals surface area contributed by atoms with Gasteiger partial charge in [-0.1, -0.05) is 17.7 Å². The van der Waals surface area contributed by atoms with Gasteiger partial charge in [-0.25, -0.2) is 0 Å². The number of nitrogens with two attached hydrogens (primary N) is 1. The molecular formula is C14H18N2O2. The van der Waals surface area contributed by atoms with Gasteiger partial charge in [0, 0.05) is 13.1 Å². The van der Waals surface area contributed by atoms with Gasteiger partial charge >= 0.3 is 0 Å². The predicted molar refractivity (Wildman–Crippen MR) is 71.7 cm³/mol. The summed E-state index contributed by atoms with van der Waals surface area (Å²) in [4.78, 5) is 14.2. The molecule has 18 heavy (non-hydrogen) atoms. The molecule has 1 aromatic carbocycles. The molecule has 0 unspecified atom stereocenters. The van der Waals surface area contributed by atoms with Crippen LogP contribution >= 0.6 is 0 Å². The maximum Gasteiger partial charge on any atom is 0.257 e. The number of benzene rings is 1. The Balaban J connectivity index is 2.27. The van der Waals surface area contributed by atoms with Crippen LogP contribution in [0, 0.1) is 0 Å². The zero-order valence-corrected chi connectivity index (χ0v) is 10.8. The Labute approximate surface area is 107 Å². The molecule has 0 aromatic heterocycles. The van der Waals surface area contributed by atoms with Crippen molar-refractivity contribution in [1.29, 1.82) is 0 Å². The second kappa shape index (κ2) is 5.12. The minimum Gasteiger partial charge on any atom is -0.494 e. The SMILES string of the molecule is COc1c(N)cccc1C(=O)N1CC=C(C)CC1. The molecule has 0 saturated heterocycles. The lowest BCUT2D eigenvalue weighted by molar-refractivity contribution is 0.0766. The first kappa shape index (κ1) is 12.5. The summed E-state index contributed by atoms with van der Waals surface area (Å²) in [5.41, 5.74) is 8.17. The Hall–Kier alpha value is -1.97. The third kappa shape index (κ3) is 2.32. The van der Waals surface area contributed by atoms with E-state index in [1.165, 1.54) is 12.7 Å². The summed E-state index contributed by atoms with van der Waals surface area (Å²) in [6.45, 7) is 3.49. The van der Waals surface area contributed by atoms with E-state index in [1.807, 2.05) is 4.90 Å². The Kier molecular flexibility index (Phi) is 3.55. The zero-order chi connectivity index (χ0) is 13.1. The largest absolute Gasteiger partial charge is 0.494 e. The van der Waals surface area contributed by atoms with Crippen LogP contribution in [0.4, 0.5) is 5.69 Å². The van der Waals surface area contributed by atoms with E-state index in [0.717, 1.165) is 13.0 Å². The van der Waals surface area contributed by atoms with Crippen LogP contribution < -0.4 is 10.5 Å². The van der Waals surface area contributed by atoms with E-state index in [4.69, 9.17) is 10.5 Å². The van der Waals surface area contributed by atoms with Crippen molar-refractivity contribution in [3.63, 3.8) is 0 Å². The predicted octanol–water partition coefficient (Wildman–Crippen LogP) is 2.07. The molecule has 1 aromatic rings. The summed E-state index contributed by atoms with van der Waals surface area (Å²) >= 11 is 0. The van der Waals surface area contributed by atoms with E-state index in [2.05, 4.69) is 13.0 Å². The van der Waals surface area contributed by atoms with Gasteiger partial charge in [0.15, 0.2) is 5.75 Å². The number of carbonyl (C=O) groups excluding carboxylic acids is 1. The summed E-state index contributed by atoms with van der Waals surface area (Å²) < 4.78 is 5.22. The van der Waals surface area contributed by atoms with Gasteiger partial charge in [0.05, 0.1) is 18.4 Å². The van der Waals surface area contributed by atoms with Crippen LogP contribution in [0.5, 0.6) is 5.75 Å². The van der Waals surface area contributed by atoms with Gasteiger partial charge in [0.1, 0.15) is 0 Å². The minimum absolute atomic E-state index is 0.0251. The van der Waals surface area contributed by atoms with Crippen LogP contribution in [-0.4, -0.2) is 31.0 Å². The van der Waals surface area contributed by atoms with Crippen molar-refractivity contribution in [2.75, 3.05) is 25.9 Å². The number of para-hydroxylation sites is 1. The third-order valence-electron chi connectivity index (χ3n) is 3.20. The fraction of sp³-hybridized carbons (Fsp3) is 0.357. The topological polar surface area (TPSA) is 55.6 Å². The molecule has 1 aliphatic heterocycles. The Morgan fingerprint density at radius 3 is 2.83 bits per heavy atom. The first-order valence-corrected chi connectivity index (χ1v) is 6.01. The van der Waals surface area contributed by atoms with Crippen LogP contribution in [0.25, 0.3) is 0 Å². The van der Waals surface area contributed by atoms with Gasteiger partial charge < -0.3 is 15.4 Å². The van der Waals surface area contributed by atoms with Crippen LogP contribution in [-0.2, 0) is 0 Å². The molecule has 0 aliphatic carbocycles. The van der Waals surface area contributed by atoms with Crippen molar-refractivity contribution in [3.8, 4) is 5.75 Å². The minimum atomic E-state index is -0.0251. The smallest absolute Gasteiger partial charge is 0.257 e. The van der Waals surface area contributed by atoms with E-state index in [-0.39, 0.29) is 5.91 Å². The van der Waals surface area contributed by atoms with Gasteiger partial charge in [-0.05, 0) is 25.5 Å². The summed E-state index contributed by atoms with van der Waals surface area (Å²) in [7, 11) is 1.53. The quantitative estimate of drug-likeness (QED) is 0.642. The average molecular weight is 246 g/mol. The van der Waals surface area contributed by atoms with Crippen molar-refractivity contribution in [2.24, 2.45) is 0 Å². The van der Waals surface area contributed by atoms with Gasteiger partial charge in [-0.3, -0.25) is 4.79 Å². The molecule has 0 saturated carbocycles. The van der Waals surface area contributed by atoms with Crippen LogP contribution in [0.2, 0.25) is 0 Å². The second-order valence-electron chi connectivity index (χ2n) is 4.48. The molecule has 0 atom stereocenters. The maximum absolute atomic E-state index is 12.4. The Morgan fingerprint density at radius 1 is 1.44 bits per heavy atom. The lowest BCUT2D eigenvalue weighted by atomic mass is 10.1. The van der Waals surface area contributed by atoms with Crippen LogP contribution in [0.3, 0.4) is 0 Å². The number of amides is 1. The second-order valence-corrected chi connectivity index (χ2v) is 4.48. The highest BCUT2D eigenvalue weighted by Crippen LogP contribution is 2.27. The zero-order valence-electron chi connectivity index (χ0n) is 10.8. The number of carbonyl (C=O) groups is 1. The van der Waals surface area contributed by atoms with Gasteiger partial charge in [-0.2, -0.15) is 0 Å². The molecular weight excluding hydrogens is 228 g/mol. The number of methoxy groups -OCH3 is 1. The molecule has 4 nitrogen and oxygen atoms in total. The maximum atomic E-state index is 12.4. The van der Waals surface area contributed by atoms with E-state index in [1.54, 1.807) is 18.2 Å². The fourth-order valence-electron chi connectivity index (χ4n) is 2.08. The van der Waals surface area contributed by atoms with Gasteiger partial charge in [-0.15, -0.1) is 0 Å². The summed E-state index contributed by atoms with van der Waals surface area (Å²) in [6, 6.07) is 5.26. The highest BCUT2D eigenvalue weighted by Gasteiger charge is 2.21. The monoisotopic (exact) mass is 246 g/mol. The first-order valence-electron chi connectivity index (χ1n) is 6.01. The Bertz CT molecular complexity index is 495. The molecule has 1 aliphatic rings. The lowest BCUT2D eigenvalue weighted by Crippen LogP contribution is -2.34. The highest BCUT2D eigenvalue weighted by molar-refractivity contribution is 5.98. The Morgan fingerprint density at radius 2 is 2.22 bits per heavy atom. The number of hydrogen-bond acceptors (Lipinski definition) is 3. The van der Waals surface area contributed by atoms with Crippen LogP contribution in [0.1, 0.15) is 23.7 Å². The molecule has 0 spiro atoms. The van der Waals surface area contributed by atoms with Crippen LogP contribution in [0.15, 0.2) is 29.8 Å². The number of rotatable bonds is 2. The van der Waals surface area contributed by atoms with Crippen molar-refractivity contribution >= 4 is 11.6 Å². The van der Waals surface area contributed by atoms with E-state index >= 15 is 0 Å². The lowest BCUT2D eigenvalue weighted by Gasteiger charge is -2.26. The van der Waals surface area contributed by atoms with Crippen molar-refractivity contribution in [2.45, 2.75) is 13.3 Å². The molecule has 1 amide bonds. The third-order valence-corrected chi connectivity index (χ3v) is 3.20. The van der Waals surface area contributed by atoms with Crippen molar-refractivity contribution < 1.29 is 9.53 Å². The molecule has 2 rings (SSSR count).